The first kappa shape index (κ1) is 17.2. The first-order chi connectivity index (χ1) is 12.3. The maximum Gasteiger partial charge on any atom is 0.363 e. The Morgan fingerprint density at radius 1 is 0.960 bits per heavy atom. The van der Waals surface area contributed by atoms with Crippen LogP contribution in [0.1, 0.15) is 49.3 Å². The molecule has 2 aromatic rings. The summed E-state index contributed by atoms with van der Waals surface area (Å²) in [5.74, 6) is -0.0211. The zero-order valence-electron chi connectivity index (χ0n) is 14.6. The second-order valence-corrected chi connectivity index (χ2v) is 6.25. The first-order valence-corrected chi connectivity index (χ1v) is 8.93. The Morgan fingerprint density at radius 2 is 1.72 bits per heavy atom. The van der Waals surface area contributed by atoms with Gasteiger partial charge in [0.15, 0.2) is 5.70 Å². The van der Waals surface area contributed by atoms with Gasteiger partial charge in [-0.2, -0.15) is 0 Å². The van der Waals surface area contributed by atoms with Crippen LogP contribution in [-0.4, -0.2) is 11.9 Å². The van der Waals surface area contributed by atoms with Gasteiger partial charge in [0.05, 0.1) is 0 Å². The molecule has 2 aromatic carbocycles. The number of ether oxygens (including phenoxy) is 1. The van der Waals surface area contributed by atoms with Crippen molar-refractivity contribution in [3.63, 3.8) is 0 Å². The number of aliphatic imine (C=N–C) groups is 1. The van der Waals surface area contributed by atoms with E-state index in [1.807, 2.05) is 42.5 Å². The highest BCUT2D eigenvalue weighted by Gasteiger charge is 2.23. The number of unbranched alkanes of at least 4 members (excludes halogenated alkanes) is 3. The Hall–Kier alpha value is -2.68. The molecular formula is C22H23NO2. The third-order valence-corrected chi connectivity index (χ3v) is 4.24. The van der Waals surface area contributed by atoms with Gasteiger partial charge in [-0.25, -0.2) is 9.79 Å². The Balaban J connectivity index is 1.68. The maximum atomic E-state index is 12.0. The smallest absolute Gasteiger partial charge is 0.363 e. The number of carbonyl (C=O) groups is 1. The topological polar surface area (TPSA) is 38.7 Å². The number of esters is 1. The van der Waals surface area contributed by atoms with E-state index in [0.717, 1.165) is 17.5 Å². The lowest BCUT2D eigenvalue weighted by Gasteiger charge is -2.03. The van der Waals surface area contributed by atoms with Crippen LogP contribution in [0.5, 0.6) is 0 Å². The maximum absolute atomic E-state index is 12.0. The number of carbonyl (C=O) groups excluding carboxylic acids is 1. The van der Waals surface area contributed by atoms with Crippen molar-refractivity contribution >= 4 is 17.9 Å². The standard InChI is InChI=1S/C22H23NO2/c1-2-3-4-6-9-17-12-14-19(15-13-17)21-23-20(22(24)25-21)16-18-10-7-5-8-11-18/h5,7-8,10-16H,2-4,6,9H2,1H3. The molecule has 0 amide bonds. The summed E-state index contributed by atoms with van der Waals surface area (Å²) < 4.78 is 5.33. The molecule has 0 unspecified atom stereocenters. The molecule has 3 rings (SSSR count). The SMILES string of the molecule is CCCCCCc1ccc(C2=NC(=Cc3ccccc3)C(=O)O2)cc1. The van der Waals surface area contributed by atoms with Crippen molar-refractivity contribution in [1.82, 2.24) is 0 Å². The molecule has 0 bridgehead atoms. The summed E-state index contributed by atoms with van der Waals surface area (Å²) >= 11 is 0. The molecule has 0 N–H and O–H groups in total. The highest BCUT2D eigenvalue weighted by molar-refractivity contribution is 6.12. The van der Waals surface area contributed by atoms with Gasteiger partial charge in [0.2, 0.25) is 5.90 Å². The van der Waals surface area contributed by atoms with Gasteiger partial charge in [-0.15, -0.1) is 0 Å². The third-order valence-electron chi connectivity index (χ3n) is 4.24. The molecule has 1 heterocycles. The average Bonchev–Trinajstić information content (AvgIpc) is 3.01. The van der Waals surface area contributed by atoms with Gasteiger partial charge >= 0.3 is 5.97 Å². The largest absolute Gasteiger partial charge is 0.402 e. The van der Waals surface area contributed by atoms with Crippen LogP contribution in [0.15, 0.2) is 65.3 Å². The minimum Gasteiger partial charge on any atom is -0.402 e. The Bertz CT molecular complexity index is 773. The summed E-state index contributed by atoms with van der Waals surface area (Å²) in [6.07, 6.45) is 7.87. The Labute approximate surface area is 149 Å². The van der Waals surface area contributed by atoms with Gasteiger partial charge in [0.25, 0.3) is 0 Å². The third kappa shape index (κ3) is 4.66. The summed E-state index contributed by atoms with van der Waals surface area (Å²) in [7, 11) is 0. The predicted molar refractivity (Wildman–Crippen MR) is 101 cm³/mol. The lowest BCUT2D eigenvalue weighted by Crippen LogP contribution is -2.05. The molecule has 0 aliphatic carbocycles. The van der Waals surface area contributed by atoms with E-state index in [1.54, 1.807) is 6.08 Å². The van der Waals surface area contributed by atoms with Crippen LogP contribution < -0.4 is 0 Å². The summed E-state index contributed by atoms with van der Waals surface area (Å²) in [6, 6.07) is 17.8. The normalized spacial score (nSPS) is 15.3. The summed E-state index contributed by atoms with van der Waals surface area (Å²) in [4.78, 5) is 16.4. The zero-order valence-corrected chi connectivity index (χ0v) is 14.6. The molecule has 0 aromatic heterocycles. The van der Waals surface area contributed by atoms with Crippen molar-refractivity contribution in [2.75, 3.05) is 0 Å². The van der Waals surface area contributed by atoms with Crippen LogP contribution in [0.25, 0.3) is 6.08 Å². The van der Waals surface area contributed by atoms with Crippen molar-refractivity contribution in [3.8, 4) is 0 Å². The van der Waals surface area contributed by atoms with Gasteiger partial charge in [0.1, 0.15) is 0 Å². The fourth-order valence-corrected chi connectivity index (χ4v) is 2.81. The summed E-state index contributed by atoms with van der Waals surface area (Å²) in [5.41, 5.74) is 3.42. The molecular weight excluding hydrogens is 310 g/mol. The van der Waals surface area contributed by atoms with Crippen LogP contribution in [-0.2, 0) is 16.0 Å². The second-order valence-electron chi connectivity index (χ2n) is 6.25. The van der Waals surface area contributed by atoms with Gasteiger partial charge in [-0.05, 0) is 42.2 Å². The van der Waals surface area contributed by atoms with Gasteiger partial charge < -0.3 is 4.74 Å². The fourth-order valence-electron chi connectivity index (χ4n) is 2.81. The number of hydrogen-bond donors (Lipinski definition) is 0. The van der Waals surface area contributed by atoms with Gasteiger partial charge in [-0.1, -0.05) is 68.7 Å². The molecule has 1 aliphatic rings. The second kappa shape index (κ2) is 8.43. The minimum absolute atomic E-state index is 0.338. The molecule has 1 aliphatic heterocycles. The van der Waals surface area contributed by atoms with E-state index in [4.69, 9.17) is 4.74 Å². The van der Waals surface area contributed by atoms with Gasteiger partial charge in [-0.3, -0.25) is 0 Å². The van der Waals surface area contributed by atoms with Crippen LogP contribution in [0.3, 0.4) is 0 Å². The van der Waals surface area contributed by atoms with E-state index >= 15 is 0 Å². The molecule has 3 nitrogen and oxygen atoms in total. The number of rotatable bonds is 7. The molecule has 0 spiro atoms. The van der Waals surface area contributed by atoms with E-state index in [2.05, 4.69) is 24.0 Å². The number of benzene rings is 2. The van der Waals surface area contributed by atoms with Crippen molar-refractivity contribution in [2.45, 2.75) is 39.0 Å². The highest BCUT2D eigenvalue weighted by atomic mass is 16.6. The van der Waals surface area contributed by atoms with Crippen LogP contribution in [0, 0.1) is 0 Å². The fraction of sp³-hybridized carbons (Fsp3) is 0.273. The molecule has 0 saturated carbocycles. The molecule has 25 heavy (non-hydrogen) atoms. The van der Waals surface area contributed by atoms with Gasteiger partial charge in [0, 0.05) is 5.56 Å². The van der Waals surface area contributed by atoms with Crippen LogP contribution >= 0.6 is 0 Å². The minimum atomic E-state index is -0.400. The summed E-state index contributed by atoms with van der Waals surface area (Å²) in [5, 5.41) is 0. The molecule has 3 heteroatoms. The predicted octanol–water partition coefficient (Wildman–Crippen LogP) is 5.15. The summed E-state index contributed by atoms with van der Waals surface area (Å²) in [6.45, 7) is 2.22. The average molecular weight is 333 g/mol. The first-order valence-electron chi connectivity index (χ1n) is 8.93. The quantitative estimate of drug-likeness (QED) is 0.399. The molecule has 0 fully saturated rings. The lowest BCUT2D eigenvalue weighted by atomic mass is 10.0. The number of aryl methyl sites for hydroxylation is 1. The van der Waals surface area contributed by atoms with E-state index in [1.165, 1.54) is 31.2 Å². The van der Waals surface area contributed by atoms with E-state index in [-0.39, 0.29) is 0 Å². The van der Waals surface area contributed by atoms with Crippen molar-refractivity contribution in [1.29, 1.82) is 0 Å². The van der Waals surface area contributed by atoms with E-state index < -0.39 is 5.97 Å². The monoisotopic (exact) mass is 333 g/mol. The van der Waals surface area contributed by atoms with E-state index in [0.29, 0.717) is 11.6 Å². The Kier molecular flexibility index (Phi) is 5.78. The van der Waals surface area contributed by atoms with Crippen LogP contribution in [0.4, 0.5) is 0 Å². The number of cyclic esters (lactones) is 1. The lowest BCUT2D eigenvalue weighted by molar-refractivity contribution is -0.129. The number of nitrogens with zero attached hydrogens (tertiary/aromatic N) is 1. The Morgan fingerprint density at radius 3 is 2.44 bits per heavy atom. The molecule has 0 atom stereocenters. The number of hydrogen-bond acceptors (Lipinski definition) is 3. The molecule has 128 valence electrons. The molecule has 0 saturated heterocycles. The zero-order chi connectivity index (χ0) is 17.5. The van der Waals surface area contributed by atoms with Crippen molar-refractivity contribution < 1.29 is 9.53 Å². The highest BCUT2D eigenvalue weighted by Crippen LogP contribution is 2.20. The van der Waals surface area contributed by atoms with E-state index in [9.17, 15) is 4.79 Å². The van der Waals surface area contributed by atoms with Crippen LogP contribution in [0.2, 0.25) is 0 Å². The molecule has 0 radical (unpaired) electrons. The van der Waals surface area contributed by atoms with Crippen molar-refractivity contribution in [2.24, 2.45) is 4.99 Å². The van der Waals surface area contributed by atoms with Crippen molar-refractivity contribution in [3.05, 3.63) is 77.0 Å².